The van der Waals surface area contributed by atoms with Gasteiger partial charge in [0.15, 0.2) is 0 Å². The van der Waals surface area contributed by atoms with Gasteiger partial charge in [-0.2, -0.15) is 0 Å². The summed E-state index contributed by atoms with van der Waals surface area (Å²) in [5, 5.41) is 0. The van der Waals surface area contributed by atoms with Crippen molar-refractivity contribution in [3.05, 3.63) is 24.3 Å². The third kappa shape index (κ3) is 11.0. The van der Waals surface area contributed by atoms with Crippen molar-refractivity contribution in [3.8, 4) is 0 Å². The van der Waals surface area contributed by atoms with Crippen LogP contribution in [0.4, 0.5) is 4.79 Å². The number of ether oxygens (including phenoxy) is 2. The summed E-state index contributed by atoms with van der Waals surface area (Å²) in [6.07, 6.45) is 6.22. The van der Waals surface area contributed by atoms with Gasteiger partial charge in [0.1, 0.15) is 6.61 Å². The number of carbonyl (C=O) groups excluding carboxylic acids is 1. The van der Waals surface area contributed by atoms with Crippen molar-refractivity contribution in [2.24, 2.45) is 5.92 Å². The average molecular weight is 240 g/mol. The van der Waals surface area contributed by atoms with E-state index in [0.29, 0.717) is 12.5 Å². The number of carbonyl (C=O) groups is 1. The summed E-state index contributed by atoms with van der Waals surface area (Å²) in [5.74, 6) is 0.554. The number of allylic oxidation sites excluding steroid dienone is 2. The zero-order chi connectivity index (χ0) is 13.1. The molecule has 0 fully saturated rings. The first-order valence-corrected chi connectivity index (χ1v) is 6.10. The molecule has 0 aliphatic carbocycles. The van der Waals surface area contributed by atoms with Crippen LogP contribution in [0.5, 0.6) is 0 Å². The van der Waals surface area contributed by atoms with Crippen molar-refractivity contribution in [1.82, 2.24) is 0 Å². The van der Waals surface area contributed by atoms with Crippen molar-refractivity contribution in [2.45, 2.75) is 40.0 Å². The summed E-state index contributed by atoms with van der Waals surface area (Å²) in [5.41, 5.74) is 1.35. The van der Waals surface area contributed by atoms with Gasteiger partial charge in [-0.05, 0) is 39.0 Å². The molecule has 0 N–H and O–H groups in total. The molecule has 0 aromatic rings. The van der Waals surface area contributed by atoms with Gasteiger partial charge in [-0.15, -0.1) is 0 Å². The predicted octanol–water partition coefficient (Wildman–Crippen LogP) is 4.10. The molecule has 3 heteroatoms. The molecule has 1 atom stereocenters. The van der Waals surface area contributed by atoms with E-state index in [1.807, 2.05) is 0 Å². The van der Waals surface area contributed by atoms with E-state index in [9.17, 15) is 4.79 Å². The second kappa shape index (κ2) is 9.94. The van der Waals surface area contributed by atoms with Crippen molar-refractivity contribution in [3.63, 3.8) is 0 Å². The molecule has 0 aliphatic heterocycles. The zero-order valence-electron chi connectivity index (χ0n) is 11.2. The second-order valence-corrected chi connectivity index (χ2v) is 4.45. The highest BCUT2D eigenvalue weighted by atomic mass is 16.7. The van der Waals surface area contributed by atoms with Crippen LogP contribution in [0, 0.1) is 5.92 Å². The standard InChI is InChI=1S/C14H24O3/c1-5-10-16-14(15)17-11-9-13(4)8-6-7-12(2)3/h5,7,13H,1,6,8-11H2,2-4H3. The third-order valence-electron chi connectivity index (χ3n) is 2.36. The van der Waals surface area contributed by atoms with Gasteiger partial charge in [-0.25, -0.2) is 4.79 Å². The van der Waals surface area contributed by atoms with Crippen LogP contribution in [0.2, 0.25) is 0 Å². The molecule has 17 heavy (non-hydrogen) atoms. The van der Waals surface area contributed by atoms with E-state index in [0.717, 1.165) is 19.3 Å². The van der Waals surface area contributed by atoms with Crippen LogP contribution in [-0.4, -0.2) is 19.4 Å². The first kappa shape index (κ1) is 15.8. The molecular formula is C14H24O3. The van der Waals surface area contributed by atoms with E-state index < -0.39 is 6.16 Å². The summed E-state index contributed by atoms with van der Waals surface area (Å²) in [7, 11) is 0. The Kier molecular flexibility index (Phi) is 9.21. The van der Waals surface area contributed by atoms with E-state index in [-0.39, 0.29) is 6.61 Å². The first-order chi connectivity index (χ1) is 8.06. The Morgan fingerprint density at radius 3 is 2.59 bits per heavy atom. The van der Waals surface area contributed by atoms with Gasteiger partial charge >= 0.3 is 6.16 Å². The highest BCUT2D eigenvalue weighted by Crippen LogP contribution is 2.11. The van der Waals surface area contributed by atoms with Crippen LogP contribution < -0.4 is 0 Å². The van der Waals surface area contributed by atoms with Gasteiger partial charge in [-0.1, -0.05) is 31.2 Å². The van der Waals surface area contributed by atoms with Gasteiger partial charge in [0.25, 0.3) is 0 Å². The molecule has 0 aromatic carbocycles. The molecule has 3 nitrogen and oxygen atoms in total. The largest absolute Gasteiger partial charge is 0.508 e. The summed E-state index contributed by atoms with van der Waals surface area (Å²) < 4.78 is 9.61. The SMILES string of the molecule is C=CCOC(=O)OCCC(C)CCC=C(C)C. The monoisotopic (exact) mass is 240 g/mol. The van der Waals surface area contributed by atoms with Crippen LogP contribution in [0.3, 0.4) is 0 Å². The van der Waals surface area contributed by atoms with Gasteiger partial charge in [-0.3, -0.25) is 0 Å². The first-order valence-electron chi connectivity index (χ1n) is 6.10. The Bertz CT molecular complexity index is 252. The summed E-state index contributed by atoms with van der Waals surface area (Å²) in [6.45, 7) is 10.4. The molecule has 0 heterocycles. The van der Waals surface area contributed by atoms with E-state index in [2.05, 4.69) is 33.4 Å². The fraction of sp³-hybridized carbons (Fsp3) is 0.643. The highest BCUT2D eigenvalue weighted by Gasteiger charge is 2.05. The molecule has 0 bridgehead atoms. The predicted molar refractivity (Wildman–Crippen MR) is 69.9 cm³/mol. The maximum atomic E-state index is 11.0. The summed E-state index contributed by atoms with van der Waals surface area (Å²) >= 11 is 0. The highest BCUT2D eigenvalue weighted by molar-refractivity contribution is 5.59. The molecule has 0 saturated heterocycles. The quantitative estimate of drug-likeness (QED) is 0.473. The minimum atomic E-state index is -0.610. The second-order valence-electron chi connectivity index (χ2n) is 4.45. The maximum absolute atomic E-state index is 11.0. The van der Waals surface area contributed by atoms with E-state index >= 15 is 0 Å². The Hall–Kier alpha value is -1.25. The Labute approximate surface area is 104 Å². The molecule has 0 spiro atoms. The van der Waals surface area contributed by atoms with Crippen LogP contribution in [0.25, 0.3) is 0 Å². The van der Waals surface area contributed by atoms with E-state index in [4.69, 9.17) is 9.47 Å². The van der Waals surface area contributed by atoms with E-state index in [1.165, 1.54) is 11.6 Å². The van der Waals surface area contributed by atoms with Gasteiger partial charge in [0, 0.05) is 0 Å². The Balaban J connectivity index is 3.50. The molecule has 0 saturated carbocycles. The molecular weight excluding hydrogens is 216 g/mol. The lowest BCUT2D eigenvalue weighted by Crippen LogP contribution is -2.10. The Morgan fingerprint density at radius 1 is 1.29 bits per heavy atom. The smallest absolute Gasteiger partial charge is 0.434 e. The van der Waals surface area contributed by atoms with Crippen LogP contribution in [-0.2, 0) is 9.47 Å². The lowest BCUT2D eigenvalue weighted by Gasteiger charge is -2.10. The minimum Gasteiger partial charge on any atom is -0.434 e. The van der Waals surface area contributed by atoms with E-state index in [1.54, 1.807) is 0 Å². The third-order valence-corrected chi connectivity index (χ3v) is 2.36. The molecule has 0 radical (unpaired) electrons. The summed E-state index contributed by atoms with van der Waals surface area (Å²) in [4.78, 5) is 11.0. The molecule has 1 unspecified atom stereocenters. The van der Waals surface area contributed by atoms with Crippen molar-refractivity contribution in [1.29, 1.82) is 0 Å². The summed E-state index contributed by atoms with van der Waals surface area (Å²) in [6, 6.07) is 0. The minimum absolute atomic E-state index is 0.203. The molecule has 0 amide bonds. The zero-order valence-corrected chi connectivity index (χ0v) is 11.2. The number of hydrogen-bond donors (Lipinski definition) is 0. The lowest BCUT2D eigenvalue weighted by atomic mass is 10.0. The van der Waals surface area contributed by atoms with Crippen LogP contribution in [0.1, 0.15) is 40.0 Å². The van der Waals surface area contributed by atoms with Crippen LogP contribution in [0.15, 0.2) is 24.3 Å². The fourth-order valence-corrected chi connectivity index (χ4v) is 1.31. The lowest BCUT2D eigenvalue weighted by molar-refractivity contribution is 0.0594. The van der Waals surface area contributed by atoms with Crippen molar-refractivity contribution < 1.29 is 14.3 Å². The number of hydrogen-bond acceptors (Lipinski definition) is 3. The molecule has 0 aliphatic rings. The molecule has 98 valence electrons. The van der Waals surface area contributed by atoms with Crippen LogP contribution >= 0.6 is 0 Å². The van der Waals surface area contributed by atoms with Gasteiger partial charge in [0.2, 0.25) is 0 Å². The average Bonchev–Trinajstić information content (AvgIpc) is 2.25. The molecule has 0 aromatic heterocycles. The Morgan fingerprint density at radius 2 is 2.00 bits per heavy atom. The van der Waals surface area contributed by atoms with Gasteiger partial charge < -0.3 is 9.47 Å². The van der Waals surface area contributed by atoms with Crippen molar-refractivity contribution >= 4 is 6.16 Å². The topological polar surface area (TPSA) is 35.5 Å². The number of rotatable bonds is 8. The van der Waals surface area contributed by atoms with Crippen molar-refractivity contribution in [2.75, 3.05) is 13.2 Å². The fourth-order valence-electron chi connectivity index (χ4n) is 1.31. The normalized spacial score (nSPS) is 11.5. The van der Waals surface area contributed by atoms with Gasteiger partial charge in [0.05, 0.1) is 6.61 Å². The molecule has 0 rings (SSSR count). The maximum Gasteiger partial charge on any atom is 0.508 e.